The van der Waals surface area contributed by atoms with Crippen LogP contribution in [0.4, 0.5) is 0 Å². The van der Waals surface area contributed by atoms with E-state index in [1.807, 2.05) is 25.1 Å². The van der Waals surface area contributed by atoms with Crippen molar-refractivity contribution in [2.75, 3.05) is 19.7 Å². The molecular formula is C16H24N2O2. The standard InChI is InChI=1S/C16H24N2O2/c1-12(16(2,3)13-7-5-4-6-8-13)18-15(19)14-11-17-9-10-20-14/h4-8,12,14,17H,9-11H2,1-3H3,(H,18,19). The van der Waals surface area contributed by atoms with E-state index >= 15 is 0 Å². The highest BCUT2D eigenvalue weighted by molar-refractivity contribution is 5.81. The Morgan fingerprint density at radius 1 is 1.40 bits per heavy atom. The van der Waals surface area contributed by atoms with E-state index in [0.29, 0.717) is 13.2 Å². The van der Waals surface area contributed by atoms with Crippen LogP contribution in [0.1, 0.15) is 26.3 Å². The second-order valence-corrected chi connectivity index (χ2v) is 5.88. The molecule has 0 bridgehead atoms. The maximum Gasteiger partial charge on any atom is 0.250 e. The molecule has 0 spiro atoms. The number of carbonyl (C=O) groups is 1. The summed E-state index contributed by atoms with van der Waals surface area (Å²) in [5, 5.41) is 6.26. The van der Waals surface area contributed by atoms with E-state index < -0.39 is 0 Å². The predicted molar refractivity (Wildman–Crippen MR) is 79.7 cm³/mol. The van der Waals surface area contributed by atoms with Crippen molar-refractivity contribution in [1.82, 2.24) is 10.6 Å². The molecule has 1 fully saturated rings. The third kappa shape index (κ3) is 3.38. The number of hydrogen-bond donors (Lipinski definition) is 2. The summed E-state index contributed by atoms with van der Waals surface area (Å²) in [6.07, 6.45) is -0.377. The zero-order valence-electron chi connectivity index (χ0n) is 12.5. The summed E-state index contributed by atoms with van der Waals surface area (Å²) in [6.45, 7) is 8.33. The van der Waals surface area contributed by atoms with Crippen LogP contribution in [-0.4, -0.2) is 37.7 Å². The van der Waals surface area contributed by atoms with Gasteiger partial charge in [0.25, 0.3) is 5.91 Å². The first kappa shape index (κ1) is 15.0. The van der Waals surface area contributed by atoms with Crippen molar-refractivity contribution in [3.63, 3.8) is 0 Å². The Labute approximate surface area is 120 Å². The number of nitrogens with one attached hydrogen (secondary N) is 2. The van der Waals surface area contributed by atoms with Crippen molar-refractivity contribution < 1.29 is 9.53 Å². The van der Waals surface area contributed by atoms with Crippen LogP contribution in [0.15, 0.2) is 30.3 Å². The Kier molecular flexibility index (Phi) is 4.78. The fourth-order valence-electron chi connectivity index (χ4n) is 2.34. The maximum atomic E-state index is 12.2. The van der Waals surface area contributed by atoms with Crippen LogP contribution in [0.5, 0.6) is 0 Å². The smallest absolute Gasteiger partial charge is 0.250 e. The summed E-state index contributed by atoms with van der Waals surface area (Å²) in [7, 11) is 0. The number of carbonyl (C=O) groups excluding carboxylic acids is 1. The number of amides is 1. The van der Waals surface area contributed by atoms with Gasteiger partial charge in [-0.3, -0.25) is 4.79 Å². The van der Waals surface area contributed by atoms with Crippen LogP contribution >= 0.6 is 0 Å². The highest BCUT2D eigenvalue weighted by atomic mass is 16.5. The Bertz CT molecular complexity index is 439. The Hall–Kier alpha value is -1.39. The van der Waals surface area contributed by atoms with Gasteiger partial charge < -0.3 is 15.4 Å². The number of hydrogen-bond acceptors (Lipinski definition) is 3. The van der Waals surface area contributed by atoms with Crippen molar-refractivity contribution in [3.8, 4) is 0 Å². The van der Waals surface area contributed by atoms with Crippen LogP contribution in [0.25, 0.3) is 0 Å². The molecule has 2 rings (SSSR count). The van der Waals surface area contributed by atoms with Crippen LogP contribution in [0, 0.1) is 0 Å². The van der Waals surface area contributed by atoms with E-state index in [1.54, 1.807) is 0 Å². The summed E-state index contributed by atoms with van der Waals surface area (Å²) in [6, 6.07) is 10.3. The minimum Gasteiger partial charge on any atom is -0.366 e. The second kappa shape index (κ2) is 6.37. The van der Waals surface area contributed by atoms with Gasteiger partial charge in [0, 0.05) is 24.5 Å². The number of morpholine rings is 1. The first-order valence-corrected chi connectivity index (χ1v) is 7.20. The SMILES string of the molecule is CC(NC(=O)C1CNCCO1)C(C)(C)c1ccccc1. The van der Waals surface area contributed by atoms with E-state index in [2.05, 4.69) is 36.6 Å². The summed E-state index contributed by atoms with van der Waals surface area (Å²) in [5.41, 5.74) is 1.09. The molecule has 20 heavy (non-hydrogen) atoms. The van der Waals surface area contributed by atoms with Crippen molar-refractivity contribution in [1.29, 1.82) is 0 Å². The third-order valence-corrected chi connectivity index (χ3v) is 4.18. The van der Waals surface area contributed by atoms with Gasteiger partial charge >= 0.3 is 0 Å². The molecule has 1 aromatic carbocycles. The van der Waals surface area contributed by atoms with E-state index in [-0.39, 0.29) is 23.5 Å². The lowest BCUT2D eigenvalue weighted by Crippen LogP contribution is -2.53. The number of rotatable bonds is 4. The average Bonchev–Trinajstić information content (AvgIpc) is 2.49. The lowest BCUT2D eigenvalue weighted by atomic mass is 9.78. The van der Waals surface area contributed by atoms with Gasteiger partial charge in [-0.25, -0.2) is 0 Å². The largest absolute Gasteiger partial charge is 0.366 e. The Morgan fingerprint density at radius 3 is 2.70 bits per heavy atom. The molecule has 1 aliphatic heterocycles. The van der Waals surface area contributed by atoms with Crippen LogP contribution in [0.2, 0.25) is 0 Å². The fraction of sp³-hybridized carbons (Fsp3) is 0.562. The molecule has 2 N–H and O–H groups in total. The third-order valence-electron chi connectivity index (χ3n) is 4.18. The molecule has 0 aliphatic carbocycles. The first-order chi connectivity index (χ1) is 9.51. The summed E-state index contributed by atoms with van der Waals surface area (Å²) < 4.78 is 5.48. The van der Waals surface area contributed by atoms with Crippen molar-refractivity contribution in [3.05, 3.63) is 35.9 Å². The van der Waals surface area contributed by atoms with Gasteiger partial charge in [-0.1, -0.05) is 44.2 Å². The van der Waals surface area contributed by atoms with Gasteiger partial charge in [-0.2, -0.15) is 0 Å². The molecule has 0 radical (unpaired) electrons. The molecule has 1 aliphatic rings. The van der Waals surface area contributed by atoms with E-state index in [9.17, 15) is 4.79 Å². The summed E-state index contributed by atoms with van der Waals surface area (Å²) in [4.78, 5) is 12.2. The maximum absolute atomic E-state index is 12.2. The molecular weight excluding hydrogens is 252 g/mol. The zero-order chi connectivity index (χ0) is 14.6. The number of benzene rings is 1. The molecule has 2 atom stereocenters. The summed E-state index contributed by atoms with van der Waals surface area (Å²) >= 11 is 0. The highest BCUT2D eigenvalue weighted by Gasteiger charge is 2.31. The van der Waals surface area contributed by atoms with Crippen LogP contribution in [0.3, 0.4) is 0 Å². The lowest BCUT2D eigenvalue weighted by molar-refractivity contribution is -0.135. The van der Waals surface area contributed by atoms with Crippen molar-refractivity contribution in [2.45, 2.75) is 38.3 Å². The topological polar surface area (TPSA) is 50.4 Å². The molecule has 110 valence electrons. The normalized spacial score (nSPS) is 21.2. The molecule has 1 heterocycles. The van der Waals surface area contributed by atoms with Crippen molar-refractivity contribution in [2.24, 2.45) is 0 Å². The molecule has 1 saturated heterocycles. The zero-order valence-corrected chi connectivity index (χ0v) is 12.5. The monoisotopic (exact) mass is 276 g/mol. The second-order valence-electron chi connectivity index (χ2n) is 5.88. The lowest BCUT2D eigenvalue weighted by Gasteiger charge is -2.34. The minimum absolute atomic E-state index is 0.0305. The molecule has 0 saturated carbocycles. The summed E-state index contributed by atoms with van der Waals surface area (Å²) in [5.74, 6) is -0.0336. The number of ether oxygens (including phenoxy) is 1. The van der Waals surface area contributed by atoms with Gasteiger partial charge in [0.15, 0.2) is 0 Å². The quantitative estimate of drug-likeness (QED) is 0.875. The van der Waals surface area contributed by atoms with Crippen LogP contribution in [-0.2, 0) is 14.9 Å². The molecule has 1 aromatic rings. The molecule has 4 heteroatoms. The van der Waals surface area contributed by atoms with Crippen LogP contribution < -0.4 is 10.6 Å². The van der Waals surface area contributed by atoms with Gasteiger partial charge in [0.05, 0.1) is 6.61 Å². The predicted octanol–water partition coefficient (Wildman–Crippen LogP) is 1.46. The molecule has 0 aromatic heterocycles. The van der Waals surface area contributed by atoms with Crippen molar-refractivity contribution >= 4 is 5.91 Å². The van der Waals surface area contributed by atoms with E-state index in [4.69, 9.17) is 4.74 Å². The molecule has 2 unspecified atom stereocenters. The van der Waals surface area contributed by atoms with E-state index in [0.717, 1.165) is 6.54 Å². The van der Waals surface area contributed by atoms with Gasteiger partial charge in [0.1, 0.15) is 6.10 Å². The Morgan fingerprint density at radius 2 is 2.10 bits per heavy atom. The highest BCUT2D eigenvalue weighted by Crippen LogP contribution is 2.26. The first-order valence-electron chi connectivity index (χ1n) is 7.20. The van der Waals surface area contributed by atoms with Gasteiger partial charge in [0.2, 0.25) is 0 Å². The fourth-order valence-corrected chi connectivity index (χ4v) is 2.34. The minimum atomic E-state index is -0.377. The van der Waals surface area contributed by atoms with E-state index in [1.165, 1.54) is 5.56 Å². The average molecular weight is 276 g/mol. The molecule has 4 nitrogen and oxygen atoms in total. The van der Waals surface area contributed by atoms with Gasteiger partial charge in [-0.15, -0.1) is 0 Å². The molecule has 1 amide bonds. The Balaban J connectivity index is 1.99. The van der Waals surface area contributed by atoms with Gasteiger partial charge in [-0.05, 0) is 12.5 Å².